The molecular formula is C11H20N4O. The van der Waals surface area contributed by atoms with Crippen molar-refractivity contribution < 1.29 is 4.74 Å². The molecule has 0 fully saturated rings. The first-order chi connectivity index (χ1) is 7.72. The lowest BCUT2D eigenvalue weighted by atomic mass is 10.2. The molecule has 0 bridgehead atoms. The van der Waals surface area contributed by atoms with E-state index in [2.05, 4.69) is 22.3 Å². The van der Waals surface area contributed by atoms with Crippen LogP contribution in [0.15, 0.2) is 0 Å². The predicted octanol–water partition coefficient (Wildman–Crippen LogP) is 1.21. The van der Waals surface area contributed by atoms with E-state index in [0.29, 0.717) is 0 Å². The highest BCUT2D eigenvalue weighted by atomic mass is 16.5. The fourth-order valence-corrected chi connectivity index (χ4v) is 1.59. The second-order valence-corrected chi connectivity index (χ2v) is 3.65. The molecule has 0 unspecified atom stereocenters. The highest BCUT2D eigenvalue weighted by Crippen LogP contribution is 2.15. The molecule has 0 aliphatic heterocycles. The lowest BCUT2D eigenvalue weighted by Gasteiger charge is -2.10. The molecule has 1 aromatic heterocycles. The van der Waals surface area contributed by atoms with Gasteiger partial charge < -0.3 is 10.2 Å². The molecule has 0 aliphatic rings. The van der Waals surface area contributed by atoms with Gasteiger partial charge in [-0.1, -0.05) is 6.92 Å². The van der Waals surface area contributed by atoms with Crippen LogP contribution in [0.4, 0.5) is 5.82 Å². The Hall–Kier alpha value is -1.20. The van der Waals surface area contributed by atoms with Gasteiger partial charge in [-0.15, -0.1) is 0 Å². The molecule has 5 heteroatoms. The minimum absolute atomic E-state index is 0.722. The number of nitrogens with zero attached hydrogens (tertiary/aromatic N) is 2. The molecule has 0 aromatic carbocycles. The van der Waals surface area contributed by atoms with Crippen molar-refractivity contribution in [3.8, 4) is 0 Å². The predicted molar refractivity (Wildman–Crippen MR) is 64.2 cm³/mol. The first-order valence-corrected chi connectivity index (χ1v) is 5.54. The number of nitrogen functional groups attached to an aromatic ring is 1. The van der Waals surface area contributed by atoms with Crippen molar-refractivity contribution in [1.29, 1.82) is 0 Å². The topological polar surface area (TPSA) is 73.1 Å². The van der Waals surface area contributed by atoms with E-state index in [1.165, 1.54) is 0 Å². The van der Waals surface area contributed by atoms with Gasteiger partial charge in [-0.2, -0.15) is 0 Å². The minimum Gasteiger partial charge on any atom is -0.385 e. The minimum atomic E-state index is 0.722. The third kappa shape index (κ3) is 3.15. The van der Waals surface area contributed by atoms with Gasteiger partial charge >= 0.3 is 0 Å². The molecule has 0 saturated carbocycles. The highest BCUT2D eigenvalue weighted by Gasteiger charge is 2.08. The number of ether oxygens (including phenoxy) is 1. The Labute approximate surface area is 96.4 Å². The molecule has 0 amide bonds. The van der Waals surface area contributed by atoms with E-state index in [-0.39, 0.29) is 0 Å². The molecule has 0 spiro atoms. The molecule has 1 heterocycles. The van der Waals surface area contributed by atoms with Gasteiger partial charge in [0.05, 0.1) is 0 Å². The Balaban J connectivity index is 2.84. The summed E-state index contributed by atoms with van der Waals surface area (Å²) in [5.41, 5.74) is 4.70. The smallest absolute Gasteiger partial charge is 0.146 e. The van der Waals surface area contributed by atoms with Gasteiger partial charge in [0.25, 0.3) is 0 Å². The average molecular weight is 224 g/mol. The van der Waals surface area contributed by atoms with Gasteiger partial charge in [-0.05, 0) is 19.8 Å². The SMILES string of the molecule is CCc1nc(CCCOC)nc(NN)c1C. The summed E-state index contributed by atoms with van der Waals surface area (Å²) < 4.78 is 5.00. The largest absolute Gasteiger partial charge is 0.385 e. The molecule has 0 saturated heterocycles. The average Bonchev–Trinajstić information content (AvgIpc) is 2.31. The van der Waals surface area contributed by atoms with Crippen molar-refractivity contribution in [2.24, 2.45) is 5.84 Å². The number of nitrogens with one attached hydrogen (secondary N) is 1. The number of hydrogen-bond donors (Lipinski definition) is 2. The number of aromatic nitrogens is 2. The first-order valence-electron chi connectivity index (χ1n) is 5.54. The van der Waals surface area contributed by atoms with Gasteiger partial charge in [0.15, 0.2) is 0 Å². The van der Waals surface area contributed by atoms with Gasteiger partial charge in [0.2, 0.25) is 0 Å². The van der Waals surface area contributed by atoms with Crippen LogP contribution >= 0.6 is 0 Å². The summed E-state index contributed by atoms with van der Waals surface area (Å²) >= 11 is 0. The molecule has 0 radical (unpaired) electrons. The Morgan fingerprint density at radius 2 is 2.12 bits per heavy atom. The van der Waals surface area contributed by atoms with E-state index < -0.39 is 0 Å². The van der Waals surface area contributed by atoms with Crippen LogP contribution in [0.5, 0.6) is 0 Å². The maximum absolute atomic E-state index is 5.43. The third-order valence-electron chi connectivity index (χ3n) is 2.51. The fraction of sp³-hybridized carbons (Fsp3) is 0.636. The molecule has 3 N–H and O–H groups in total. The van der Waals surface area contributed by atoms with Crippen LogP contribution in [0.2, 0.25) is 0 Å². The number of methoxy groups -OCH3 is 1. The van der Waals surface area contributed by atoms with E-state index in [1.54, 1.807) is 7.11 Å². The fourth-order valence-electron chi connectivity index (χ4n) is 1.59. The van der Waals surface area contributed by atoms with Crippen molar-refractivity contribution in [2.45, 2.75) is 33.1 Å². The second kappa shape index (κ2) is 6.40. The summed E-state index contributed by atoms with van der Waals surface area (Å²) in [6.07, 6.45) is 2.63. The maximum Gasteiger partial charge on any atom is 0.146 e. The van der Waals surface area contributed by atoms with Crippen LogP contribution in [0, 0.1) is 6.92 Å². The van der Waals surface area contributed by atoms with Crippen molar-refractivity contribution in [2.75, 3.05) is 19.1 Å². The zero-order valence-electron chi connectivity index (χ0n) is 10.2. The van der Waals surface area contributed by atoms with E-state index in [4.69, 9.17) is 10.6 Å². The van der Waals surface area contributed by atoms with Crippen LogP contribution < -0.4 is 11.3 Å². The zero-order chi connectivity index (χ0) is 12.0. The first kappa shape index (κ1) is 12.9. The van der Waals surface area contributed by atoms with Crippen molar-refractivity contribution in [1.82, 2.24) is 9.97 Å². The van der Waals surface area contributed by atoms with Gasteiger partial charge in [0.1, 0.15) is 11.6 Å². The lowest BCUT2D eigenvalue weighted by Crippen LogP contribution is -2.14. The van der Waals surface area contributed by atoms with E-state index >= 15 is 0 Å². The van der Waals surface area contributed by atoms with E-state index in [0.717, 1.165) is 48.8 Å². The van der Waals surface area contributed by atoms with Crippen molar-refractivity contribution >= 4 is 5.82 Å². The van der Waals surface area contributed by atoms with E-state index in [1.807, 2.05) is 6.92 Å². The summed E-state index contributed by atoms with van der Waals surface area (Å²) in [4.78, 5) is 8.88. The van der Waals surface area contributed by atoms with Crippen molar-refractivity contribution in [3.63, 3.8) is 0 Å². The number of anilines is 1. The summed E-state index contributed by atoms with van der Waals surface area (Å²) in [6.45, 7) is 4.78. The second-order valence-electron chi connectivity index (χ2n) is 3.65. The third-order valence-corrected chi connectivity index (χ3v) is 2.51. The van der Waals surface area contributed by atoms with Crippen LogP contribution in [-0.4, -0.2) is 23.7 Å². The Bertz CT molecular complexity index is 316. The normalized spacial score (nSPS) is 10.5. The number of hydrazine groups is 1. The molecule has 16 heavy (non-hydrogen) atoms. The molecule has 90 valence electrons. The van der Waals surface area contributed by atoms with Gasteiger partial charge in [0, 0.05) is 31.4 Å². The number of rotatable bonds is 6. The lowest BCUT2D eigenvalue weighted by molar-refractivity contribution is 0.194. The maximum atomic E-state index is 5.43. The molecule has 1 aromatic rings. The van der Waals surface area contributed by atoms with Crippen LogP contribution in [0.1, 0.15) is 30.4 Å². The van der Waals surface area contributed by atoms with Crippen LogP contribution in [0.3, 0.4) is 0 Å². The van der Waals surface area contributed by atoms with E-state index in [9.17, 15) is 0 Å². The van der Waals surface area contributed by atoms with Gasteiger partial charge in [-0.25, -0.2) is 15.8 Å². The zero-order valence-corrected chi connectivity index (χ0v) is 10.2. The number of aryl methyl sites for hydroxylation is 2. The Morgan fingerprint density at radius 3 is 2.69 bits per heavy atom. The summed E-state index contributed by atoms with van der Waals surface area (Å²) in [5.74, 6) is 6.98. The monoisotopic (exact) mass is 224 g/mol. The van der Waals surface area contributed by atoms with Gasteiger partial charge in [-0.3, -0.25) is 0 Å². The summed E-state index contributed by atoms with van der Waals surface area (Å²) in [6, 6.07) is 0. The molecule has 0 atom stereocenters. The quantitative estimate of drug-likeness (QED) is 0.431. The number of hydrogen-bond acceptors (Lipinski definition) is 5. The van der Waals surface area contributed by atoms with Crippen LogP contribution in [0.25, 0.3) is 0 Å². The summed E-state index contributed by atoms with van der Waals surface area (Å²) in [7, 11) is 1.69. The van der Waals surface area contributed by atoms with Crippen LogP contribution in [-0.2, 0) is 17.6 Å². The highest BCUT2D eigenvalue weighted by molar-refractivity contribution is 5.44. The number of nitrogens with two attached hydrogens (primary N) is 1. The summed E-state index contributed by atoms with van der Waals surface area (Å²) in [5, 5.41) is 0. The Kier molecular flexibility index (Phi) is 5.14. The Morgan fingerprint density at radius 1 is 1.38 bits per heavy atom. The molecule has 0 aliphatic carbocycles. The molecule has 5 nitrogen and oxygen atoms in total. The molecular weight excluding hydrogens is 204 g/mol. The standard InChI is InChI=1S/C11H20N4O/c1-4-9-8(2)11(15-12)14-10(13-9)6-5-7-16-3/h4-7,12H2,1-3H3,(H,13,14,15). The molecule has 1 rings (SSSR count). The van der Waals surface area contributed by atoms with Crippen molar-refractivity contribution in [3.05, 3.63) is 17.1 Å².